The van der Waals surface area contributed by atoms with Crippen molar-refractivity contribution in [3.05, 3.63) is 58.7 Å². The van der Waals surface area contributed by atoms with Crippen molar-refractivity contribution in [2.24, 2.45) is 0 Å². The summed E-state index contributed by atoms with van der Waals surface area (Å²) >= 11 is 1.15. The molecule has 1 aromatic heterocycles. The zero-order valence-electron chi connectivity index (χ0n) is 20.2. The molecule has 1 N–H and O–H groups in total. The molecule has 3 aromatic rings. The molecule has 4 rings (SSSR count). The number of aliphatic carboxylic acids is 1. The van der Waals surface area contributed by atoms with E-state index in [9.17, 15) is 22.8 Å². The molecule has 1 atom stereocenters. The average Bonchev–Trinajstić information content (AvgIpc) is 3.20. The van der Waals surface area contributed by atoms with Gasteiger partial charge in [-0.1, -0.05) is 35.1 Å². The molecular formula is C25H27F3N4O3S. The zero-order chi connectivity index (χ0) is 26.2. The smallest absolute Gasteiger partial charge is 0.416 e. The topological polar surface area (TPSA) is 77.0 Å². The van der Waals surface area contributed by atoms with Gasteiger partial charge in [-0.2, -0.15) is 13.2 Å². The van der Waals surface area contributed by atoms with Gasteiger partial charge in [-0.3, -0.25) is 14.5 Å². The number of hydrogen-bond donors (Lipinski definition) is 1. The number of halogens is 3. The van der Waals surface area contributed by atoms with Gasteiger partial charge in [-0.25, -0.2) is 4.98 Å². The predicted octanol–water partition coefficient (Wildman–Crippen LogP) is 4.03. The van der Waals surface area contributed by atoms with E-state index in [4.69, 9.17) is 5.11 Å². The minimum Gasteiger partial charge on any atom is -0.481 e. The van der Waals surface area contributed by atoms with E-state index in [-0.39, 0.29) is 12.3 Å². The Bertz CT molecular complexity index is 1290. The predicted molar refractivity (Wildman–Crippen MR) is 132 cm³/mol. The van der Waals surface area contributed by atoms with Crippen LogP contribution in [0.1, 0.15) is 22.3 Å². The summed E-state index contributed by atoms with van der Waals surface area (Å²) in [4.78, 5) is 34.3. The Morgan fingerprint density at radius 3 is 2.53 bits per heavy atom. The van der Waals surface area contributed by atoms with Crippen LogP contribution in [0.3, 0.4) is 0 Å². The molecule has 1 aliphatic rings. The fourth-order valence-electron chi connectivity index (χ4n) is 4.51. The number of hydrogen-bond acceptors (Lipinski definition) is 6. The van der Waals surface area contributed by atoms with E-state index < -0.39 is 23.8 Å². The number of fused-ring (bicyclic) bond motifs is 1. The maximum absolute atomic E-state index is 13.2. The zero-order valence-corrected chi connectivity index (χ0v) is 21.0. The molecule has 2 heterocycles. The van der Waals surface area contributed by atoms with Crippen LogP contribution in [0.5, 0.6) is 0 Å². The summed E-state index contributed by atoms with van der Waals surface area (Å²) in [6, 6.07) is 8.66. The molecule has 1 fully saturated rings. The van der Waals surface area contributed by atoms with Crippen molar-refractivity contribution in [3.8, 4) is 0 Å². The van der Waals surface area contributed by atoms with Crippen LogP contribution in [0.4, 0.5) is 18.3 Å². The van der Waals surface area contributed by atoms with Crippen LogP contribution in [0.25, 0.3) is 10.2 Å². The first kappa shape index (κ1) is 25.9. The van der Waals surface area contributed by atoms with E-state index in [1.807, 2.05) is 30.0 Å². The lowest BCUT2D eigenvalue weighted by Crippen LogP contribution is -2.58. The molecule has 192 valence electrons. The number of piperazine rings is 1. The van der Waals surface area contributed by atoms with Crippen LogP contribution < -0.4 is 4.90 Å². The second kappa shape index (κ2) is 10.1. The van der Waals surface area contributed by atoms with Gasteiger partial charge in [0.15, 0.2) is 5.13 Å². The highest BCUT2D eigenvalue weighted by atomic mass is 32.1. The Labute approximate surface area is 210 Å². The van der Waals surface area contributed by atoms with Crippen LogP contribution in [0.2, 0.25) is 0 Å². The summed E-state index contributed by atoms with van der Waals surface area (Å²) in [5.41, 5.74) is 2.40. The highest BCUT2D eigenvalue weighted by Gasteiger charge is 2.36. The lowest BCUT2D eigenvalue weighted by molar-refractivity contribution is -0.138. The Morgan fingerprint density at radius 2 is 1.86 bits per heavy atom. The van der Waals surface area contributed by atoms with Gasteiger partial charge in [-0.15, -0.1) is 0 Å². The number of aryl methyl sites for hydroxylation is 1. The van der Waals surface area contributed by atoms with Crippen molar-refractivity contribution in [1.82, 2.24) is 14.8 Å². The molecular weight excluding hydrogens is 493 g/mol. The second-order valence-corrected chi connectivity index (χ2v) is 10.3. The average molecular weight is 521 g/mol. The van der Waals surface area contributed by atoms with E-state index in [1.54, 1.807) is 14.1 Å². The van der Waals surface area contributed by atoms with Gasteiger partial charge in [0.05, 0.1) is 22.2 Å². The third kappa shape index (κ3) is 5.79. The highest BCUT2D eigenvalue weighted by Crippen LogP contribution is 2.36. The fraction of sp³-hybridized carbons (Fsp3) is 0.400. The molecule has 1 amide bonds. The van der Waals surface area contributed by atoms with E-state index in [0.29, 0.717) is 41.5 Å². The molecule has 1 saturated heterocycles. The first-order chi connectivity index (χ1) is 16.9. The number of nitrogens with zero attached hydrogens (tertiary/aromatic N) is 4. The Morgan fingerprint density at radius 1 is 1.14 bits per heavy atom. The molecule has 0 radical (unpaired) electrons. The van der Waals surface area contributed by atoms with Gasteiger partial charge in [0.2, 0.25) is 5.91 Å². The molecule has 0 aliphatic carbocycles. The number of alkyl halides is 3. The van der Waals surface area contributed by atoms with Crippen LogP contribution >= 0.6 is 11.3 Å². The third-order valence-corrected chi connectivity index (χ3v) is 7.15. The monoisotopic (exact) mass is 520 g/mol. The van der Waals surface area contributed by atoms with Crippen LogP contribution in [0.15, 0.2) is 36.4 Å². The lowest BCUT2D eigenvalue weighted by atomic mass is 10.0. The fourth-order valence-corrected chi connectivity index (χ4v) is 5.59. The van der Waals surface area contributed by atoms with E-state index in [2.05, 4.69) is 9.88 Å². The highest BCUT2D eigenvalue weighted by molar-refractivity contribution is 7.22. The molecule has 7 nitrogen and oxygen atoms in total. The number of benzene rings is 2. The van der Waals surface area contributed by atoms with Gasteiger partial charge in [0.25, 0.3) is 0 Å². The molecule has 11 heteroatoms. The largest absolute Gasteiger partial charge is 0.481 e. The van der Waals surface area contributed by atoms with E-state index >= 15 is 0 Å². The quantitative estimate of drug-likeness (QED) is 0.529. The standard InChI is InChI=1S/C25H27F3N4O3S/c1-15-8-16(11-22(33)34)10-17(9-15)13-31-6-7-32(20(14-31)23(35)30(2)3)24-29-19-5-4-18(25(26,27)28)12-21(19)36-24/h4-5,8-10,12,20H,6-7,11,13-14H2,1-3H3,(H,33,34)/t20-/m0/s1. The number of amides is 1. The maximum atomic E-state index is 13.2. The molecule has 0 spiro atoms. The van der Waals surface area contributed by atoms with Gasteiger partial charge in [0, 0.05) is 40.3 Å². The minimum atomic E-state index is -4.44. The lowest BCUT2D eigenvalue weighted by Gasteiger charge is -2.41. The van der Waals surface area contributed by atoms with Crippen molar-refractivity contribution in [2.45, 2.75) is 32.1 Å². The number of aromatic nitrogens is 1. The van der Waals surface area contributed by atoms with Crippen LogP contribution in [-0.2, 0) is 28.7 Å². The van der Waals surface area contributed by atoms with E-state index in [1.165, 1.54) is 11.0 Å². The number of carbonyl (C=O) groups is 2. The number of carbonyl (C=O) groups excluding carboxylic acids is 1. The summed E-state index contributed by atoms with van der Waals surface area (Å²) in [6.07, 6.45) is -4.49. The number of thiazole rings is 1. The van der Waals surface area contributed by atoms with Crippen molar-refractivity contribution >= 4 is 38.6 Å². The van der Waals surface area contributed by atoms with Crippen molar-refractivity contribution in [3.63, 3.8) is 0 Å². The Balaban J connectivity index is 1.58. The SMILES string of the molecule is Cc1cc(CC(=O)O)cc(CN2CCN(c3nc4ccc(C(F)(F)F)cc4s3)[C@H](C(=O)N(C)C)C2)c1. The Kier molecular flexibility index (Phi) is 7.24. The van der Waals surface area contributed by atoms with Crippen molar-refractivity contribution in [1.29, 1.82) is 0 Å². The summed E-state index contributed by atoms with van der Waals surface area (Å²) in [6.45, 7) is 3.96. The molecule has 36 heavy (non-hydrogen) atoms. The molecule has 1 aliphatic heterocycles. The van der Waals surface area contributed by atoms with Gasteiger partial charge < -0.3 is 14.9 Å². The first-order valence-corrected chi connectivity index (χ1v) is 12.2. The van der Waals surface area contributed by atoms with Crippen LogP contribution in [-0.4, -0.2) is 71.5 Å². The van der Waals surface area contributed by atoms with Crippen molar-refractivity contribution in [2.75, 3.05) is 38.6 Å². The summed E-state index contributed by atoms with van der Waals surface area (Å²) in [7, 11) is 3.35. The molecule has 0 unspecified atom stereocenters. The van der Waals surface area contributed by atoms with Crippen molar-refractivity contribution < 1.29 is 27.9 Å². The summed E-state index contributed by atoms with van der Waals surface area (Å²) in [5.74, 6) is -1.01. The second-order valence-electron chi connectivity index (χ2n) is 9.25. The van der Waals surface area contributed by atoms with Crippen LogP contribution in [0, 0.1) is 6.92 Å². The molecule has 2 aromatic carbocycles. The molecule has 0 bridgehead atoms. The van der Waals surface area contributed by atoms with Gasteiger partial charge in [-0.05, 0) is 36.2 Å². The first-order valence-electron chi connectivity index (χ1n) is 11.4. The molecule has 0 saturated carbocycles. The number of anilines is 1. The number of rotatable bonds is 6. The Hall–Kier alpha value is -3.18. The third-order valence-electron chi connectivity index (χ3n) is 6.10. The van der Waals surface area contributed by atoms with Gasteiger partial charge >= 0.3 is 12.1 Å². The maximum Gasteiger partial charge on any atom is 0.416 e. The summed E-state index contributed by atoms with van der Waals surface area (Å²) in [5, 5.41) is 9.66. The minimum absolute atomic E-state index is 0.0577. The van der Waals surface area contributed by atoms with E-state index in [0.717, 1.165) is 40.2 Å². The number of carboxylic acid groups (broad SMARTS) is 1. The number of carboxylic acids is 1. The van der Waals surface area contributed by atoms with Gasteiger partial charge in [0.1, 0.15) is 6.04 Å². The summed E-state index contributed by atoms with van der Waals surface area (Å²) < 4.78 is 39.9. The normalized spacial score (nSPS) is 16.9. The number of likely N-dealkylation sites (N-methyl/N-ethyl adjacent to an activating group) is 1.